The summed E-state index contributed by atoms with van der Waals surface area (Å²) in [5.74, 6) is 0.0195. The van der Waals surface area contributed by atoms with Crippen LogP contribution in [0.5, 0.6) is 0 Å². The Balaban J connectivity index is 1.78. The van der Waals surface area contributed by atoms with Crippen LogP contribution in [0.3, 0.4) is 0 Å². The zero-order chi connectivity index (χ0) is 13.9. The van der Waals surface area contributed by atoms with Crippen molar-refractivity contribution < 1.29 is 9.90 Å². The zero-order valence-electron chi connectivity index (χ0n) is 11.2. The Morgan fingerprint density at radius 3 is 3.10 bits per heavy atom. The Kier molecular flexibility index (Phi) is 3.64. The number of carbonyl (C=O) groups is 1. The number of fused-ring (bicyclic) bond motifs is 1. The van der Waals surface area contributed by atoms with Crippen LogP contribution in [0.4, 0.5) is 0 Å². The van der Waals surface area contributed by atoms with E-state index in [-0.39, 0.29) is 24.5 Å². The minimum absolute atomic E-state index is 0.0490. The smallest absolute Gasteiger partial charge is 0.255 e. The number of aliphatic hydroxyl groups is 1. The molecule has 0 bridgehead atoms. The van der Waals surface area contributed by atoms with Gasteiger partial charge in [-0.3, -0.25) is 9.78 Å². The fourth-order valence-electron chi connectivity index (χ4n) is 2.87. The average Bonchev–Trinajstić information content (AvgIpc) is 2.92. The zero-order valence-corrected chi connectivity index (χ0v) is 11.2. The lowest BCUT2D eigenvalue weighted by atomic mass is 9.85. The molecular weight excluding hydrogens is 256 g/mol. The van der Waals surface area contributed by atoms with Gasteiger partial charge in [0.25, 0.3) is 5.91 Å². The number of nitrogens with one attached hydrogen (secondary N) is 1. The maximum Gasteiger partial charge on any atom is 0.255 e. The molecule has 0 spiro atoms. The lowest BCUT2D eigenvalue weighted by Crippen LogP contribution is -2.43. The summed E-state index contributed by atoms with van der Waals surface area (Å²) < 4.78 is 1.63. The first-order valence-corrected chi connectivity index (χ1v) is 6.98. The van der Waals surface area contributed by atoms with Crippen LogP contribution in [0.1, 0.15) is 36.0 Å². The molecule has 1 aliphatic carbocycles. The average molecular weight is 274 g/mol. The van der Waals surface area contributed by atoms with Crippen molar-refractivity contribution in [1.82, 2.24) is 19.9 Å². The fourth-order valence-corrected chi connectivity index (χ4v) is 2.87. The fraction of sp³-hybridized carbons (Fsp3) is 0.500. The second-order valence-electron chi connectivity index (χ2n) is 5.27. The minimum atomic E-state index is -0.140. The first-order valence-electron chi connectivity index (χ1n) is 6.98. The molecule has 6 nitrogen and oxygen atoms in total. The molecule has 0 aliphatic heterocycles. The predicted molar refractivity (Wildman–Crippen MR) is 73.3 cm³/mol. The van der Waals surface area contributed by atoms with E-state index in [2.05, 4.69) is 15.4 Å². The highest BCUT2D eigenvalue weighted by molar-refractivity contribution is 6.00. The quantitative estimate of drug-likeness (QED) is 0.875. The van der Waals surface area contributed by atoms with E-state index in [1.54, 1.807) is 29.3 Å². The van der Waals surface area contributed by atoms with Gasteiger partial charge in [0.2, 0.25) is 0 Å². The van der Waals surface area contributed by atoms with Gasteiger partial charge < -0.3 is 10.4 Å². The van der Waals surface area contributed by atoms with Crippen LogP contribution in [-0.4, -0.2) is 38.3 Å². The third kappa shape index (κ3) is 2.38. The molecule has 2 atom stereocenters. The van der Waals surface area contributed by atoms with E-state index in [1.807, 2.05) is 0 Å². The van der Waals surface area contributed by atoms with Crippen molar-refractivity contribution in [1.29, 1.82) is 0 Å². The van der Waals surface area contributed by atoms with E-state index in [0.29, 0.717) is 11.1 Å². The van der Waals surface area contributed by atoms with Crippen LogP contribution >= 0.6 is 0 Å². The van der Waals surface area contributed by atoms with E-state index in [4.69, 9.17) is 0 Å². The number of hydrogen-bond donors (Lipinski definition) is 2. The second-order valence-corrected chi connectivity index (χ2v) is 5.27. The Labute approximate surface area is 116 Å². The molecule has 1 aliphatic rings. The number of hydrogen-bond acceptors (Lipinski definition) is 4. The molecule has 1 fully saturated rings. The number of amides is 1. The Morgan fingerprint density at radius 1 is 1.40 bits per heavy atom. The van der Waals surface area contributed by atoms with Crippen molar-refractivity contribution in [2.24, 2.45) is 5.92 Å². The highest BCUT2D eigenvalue weighted by atomic mass is 16.3. The monoisotopic (exact) mass is 274 g/mol. The van der Waals surface area contributed by atoms with Gasteiger partial charge in [0.1, 0.15) is 0 Å². The van der Waals surface area contributed by atoms with Crippen molar-refractivity contribution >= 4 is 11.4 Å². The summed E-state index contributed by atoms with van der Waals surface area (Å²) in [6.07, 6.45) is 10.6. The molecule has 20 heavy (non-hydrogen) atoms. The Hall–Kier alpha value is -1.95. The van der Waals surface area contributed by atoms with Crippen LogP contribution in [0, 0.1) is 5.92 Å². The van der Waals surface area contributed by atoms with Gasteiger partial charge in [-0.2, -0.15) is 5.10 Å². The number of nitrogens with zero attached hydrogens (tertiary/aromatic N) is 3. The predicted octanol–water partition coefficient (Wildman–Crippen LogP) is 1.01. The van der Waals surface area contributed by atoms with E-state index < -0.39 is 0 Å². The van der Waals surface area contributed by atoms with Crippen molar-refractivity contribution in [3.05, 3.63) is 30.4 Å². The van der Waals surface area contributed by atoms with E-state index in [1.165, 1.54) is 0 Å². The number of aromatic nitrogens is 3. The van der Waals surface area contributed by atoms with E-state index in [0.717, 1.165) is 25.7 Å². The summed E-state index contributed by atoms with van der Waals surface area (Å²) in [7, 11) is 0. The minimum Gasteiger partial charge on any atom is -0.396 e. The van der Waals surface area contributed by atoms with Gasteiger partial charge in [-0.25, -0.2) is 4.52 Å². The molecule has 0 radical (unpaired) electrons. The van der Waals surface area contributed by atoms with Crippen molar-refractivity contribution in [2.75, 3.05) is 6.61 Å². The van der Waals surface area contributed by atoms with Gasteiger partial charge in [-0.15, -0.1) is 0 Å². The lowest BCUT2D eigenvalue weighted by molar-refractivity contribution is 0.0874. The summed E-state index contributed by atoms with van der Waals surface area (Å²) in [5.41, 5.74) is 1.22. The molecule has 3 rings (SSSR count). The molecular formula is C14H18N4O2. The van der Waals surface area contributed by atoms with Crippen LogP contribution in [0.15, 0.2) is 24.8 Å². The van der Waals surface area contributed by atoms with E-state index in [9.17, 15) is 9.90 Å². The van der Waals surface area contributed by atoms with Gasteiger partial charge in [-0.1, -0.05) is 12.8 Å². The molecule has 2 aromatic heterocycles. The highest BCUT2D eigenvalue weighted by Gasteiger charge is 2.26. The third-order valence-electron chi connectivity index (χ3n) is 4.03. The SMILES string of the molecule is O=C(NC1CCCCC1CO)c1cnn2ccncc12. The molecule has 2 unspecified atom stereocenters. The number of rotatable bonds is 3. The molecule has 0 aromatic carbocycles. The molecule has 2 aromatic rings. The Bertz CT molecular complexity index is 610. The molecule has 1 amide bonds. The standard InChI is InChI=1S/C14H18N4O2/c19-9-10-3-1-2-4-12(10)17-14(20)11-7-16-18-6-5-15-8-13(11)18/h5-8,10,12,19H,1-4,9H2,(H,17,20). The molecule has 6 heteroatoms. The molecule has 0 saturated heterocycles. The van der Waals surface area contributed by atoms with Crippen LogP contribution in [0.2, 0.25) is 0 Å². The third-order valence-corrected chi connectivity index (χ3v) is 4.03. The maximum atomic E-state index is 12.4. The summed E-state index contributed by atoms with van der Waals surface area (Å²) in [4.78, 5) is 16.4. The largest absolute Gasteiger partial charge is 0.396 e. The van der Waals surface area contributed by atoms with Crippen LogP contribution in [0.25, 0.3) is 5.52 Å². The van der Waals surface area contributed by atoms with Gasteiger partial charge in [-0.05, 0) is 12.8 Å². The maximum absolute atomic E-state index is 12.4. The highest BCUT2D eigenvalue weighted by Crippen LogP contribution is 2.24. The van der Waals surface area contributed by atoms with Gasteiger partial charge in [0, 0.05) is 31.0 Å². The summed E-state index contributed by atoms with van der Waals surface area (Å²) >= 11 is 0. The van der Waals surface area contributed by atoms with Crippen molar-refractivity contribution in [2.45, 2.75) is 31.7 Å². The summed E-state index contributed by atoms with van der Waals surface area (Å²) in [6.45, 7) is 0.126. The molecule has 2 heterocycles. The summed E-state index contributed by atoms with van der Waals surface area (Å²) in [5, 5.41) is 16.6. The Morgan fingerprint density at radius 2 is 2.25 bits per heavy atom. The van der Waals surface area contributed by atoms with E-state index >= 15 is 0 Å². The summed E-state index contributed by atoms with van der Waals surface area (Å²) in [6, 6.07) is 0.0490. The van der Waals surface area contributed by atoms with Crippen LogP contribution in [-0.2, 0) is 0 Å². The first-order chi connectivity index (χ1) is 9.79. The molecule has 1 saturated carbocycles. The first kappa shape index (κ1) is 13.1. The molecule has 106 valence electrons. The number of aliphatic hydroxyl groups excluding tert-OH is 1. The van der Waals surface area contributed by atoms with Gasteiger partial charge in [0.15, 0.2) is 0 Å². The lowest BCUT2D eigenvalue weighted by Gasteiger charge is -2.30. The molecule has 2 N–H and O–H groups in total. The second kappa shape index (κ2) is 5.58. The van der Waals surface area contributed by atoms with Crippen molar-refractivity contribution in [3.8, 4) is 0 Å². The van der Waals surface area contributed by atoms with Gasteiger partial charge in [0.05, 0.1) is 23.5 Å². The van der Waals surface area contributed by atoms with Gasteiger partial charge >= 0.3 is 0 Å². The van der Waals surface area contributed by atoms with Crippen molar-refractivity contribution in [3.63, 3.8) is 0 Å². The topological polar surface area (TPSA) is 79.5 Å². The normalized spacial score (nSPS) is 22.9. The van der Waals surface area contributed by atoms with Crippen LogP contribution < -0.4 is 5.32 Å². The number of carbonyl (C=O) groups excluding carboxylic acids is 1.